The van der Waals surface area contributed by atoms with Gasteiger partial charge in [0, 0.05) is 25.0 Å². The van der Waals surface area contributed by atoms with E-state index in [1.165, 1.54) is 24.3 Å². The lowest BCUT2D eigenvalue weighted by molar-refractivity contribution is -0.384. The van der Waals surface area contributed by atoms with E-state index in [0.717, 1.165) is 5.56 Å². The minimum absolute atomic E-state index is 0.0138. The Labute approximate surface area is 191 Å². The number of ether oxygens (including phenoxy) is 1. The van der Waals surface area contributed by atoms with Gasteiger partial charge in [0.2, 0.25) is 11.8 Å². The molecule has 0 fully saturated rings. The first-order valence-corrected chi connectivity index (χ1v) is 10.3. The average Bonchev–Trinajstić information content (AvgIpc) is 2.72. The molecule has 0 bridgehead atoms. The highest BCUT2D eigenvalue weighted by molar-refractivity contribution is 5.91. The van der Waals surface area contributed by atoms with E-state index in [1.807, 2.05) is 6.07 Å². The highest BCUT2D eigenvalue weighted by Gasteiger charge is 2.28. The molecule has 3 amide bonds. The summed E-state index contributed by atoms with van der Waals surface area (Å²) in [7, 11) is 0. The second-order valence-electron chi connectivity index (χ2n) is 8.48. The molecule has 0 heterocycles. The summed E-state index contributed by atoms with van der Waals surface area (Å²) in [5, 5.41) is 16.0. The SMILES string of the molecule is CC(C)(C)OC(=O)N[C@@H](Cc1ccc([N+](=O)[O-])cc1)C(=O)NC(Cc1ccccc1)C(N)=O. The van der Waals surface area contributed by atoms with Gasteiger partial charge in [-0.1, -0.05) is 42.5 Å². The lowest BCUT2D eigenvalue weighted by atomic mass is 10.0. The monoisotopic (exact) mass is 456 g/mol. The first-order chi connectivity index (χ1) is 15.4. The van der Waals surface area contributed by atoms with Crippen molar-refractivity contribution in [2.75, 3.05) is 0 Å². The van der Waals surface area contributed by atoms with Gasteiger partial charge >= 0.3 is 6.09 Å². The lowest BCUT2D eigenvalue weighted by Crippen LogP contribution is -2.54. The van der Waals surface area contributed by atoms with Crippen molar-refractivity contribution in [2.45, 2.75) is 51.3 Å². The molecule has 2 rings (SSSR count). The van der Waals surface area contributed by atoms with E-state index < -0.39 is 40.5 Å². The van der Waals surface area contributed by atoms with Crippen LogP contribution in [0.25, 0.3) is 0 Å². The van der Waals surface area contributed by atoms with Crippen molar-refractivity contribution < 1.29 is 24.0 Å². The van der Waals surface area contributed by atoms with Gasteiger partial charge in [-0.05, 0) is 31.9 Å². The Kier molecular flexibility index (Phi) is 8.49. The van der Waals surface area contributed by atoms with Crippen molar-refractivity contribution in [3.8, 4) is 0 Å². The number of benzene rings is 2. The minimum Gasteiger partial charge on any atom is -0.444 e. The second-order valence-corrected chi connectivity index (χ2v) is 8.48. The van der Waals surface area contributed by atoms with Crippen LogP contribution in [0.2, 0.25) is 0 Å². The van der Waals surface area contributed by atoms with Crippen molar-refractivity contribution in [1.29, 1.82) is 0 Å². The zero-order valence-corrected chi connectivity index (χ0v) is 18.7. The van der Waals surface area contributed by atoms with Crippen LogP contribution in [0.4, 0.5) is 10.5 Å². The summed E-state index contributed by atoms with van der Waals surface area (Å²) in [5.74, 6) is -1.36. The molecule has 4 N–H and O–H groups in total. The quantitative estimate of drug-likeness (QED) is 0.388. The predicted octanol–water partition coefficient (Wildman–Crippen LogP) is 2.24. The van der Waals surface area contributed by atoms with Crippen LogP contribution in [0.5, 0.6) is 0 Å². The molecule has 0 spiro atoms. The van der Waals surface area contributed by atoms with E-state index in [0.29, 0.717) is 5.56 Å². The second kappa shape index (κ2) is 11.1. The lowest BCUT2D eigenvalue weighted by Gasteiger charge is -2.25. The van der Waals surface area contributed by atoms with Crippen molar-refractivity contribution in [2.24, 2.45) is 5.73 Å². The van der Waals surface area contributed by atoms with Crippen molar-refractivity contribution >= 4 is 23.6 Å². The van der Waals surface area contributed by atoms with Gasteiger partial charge in [0.25, 0.3) is 5.69 Å². The maximum Gasteiger partial charge on any atom is 0.408 e. The van der Waals surface area contributed by atoms with E-state index >= 15 is 0 Å². The van der Waals surface area contributed by atoms with Gasteiger partial charge in [0.15, 0.2) is 0 Å². The molecule has 176 valence electrons. The Balaban J connectivity index is 2.20. The number of amides is 3. The van der Waals surface area contributed by atoms with Gasteiger partial charge in [0.1, 0.15) is 17.7 Å². The number of nitrogens with zero attached hydrogens (tertiary/aromatic N) is 1. The molecule has 0 radical (unpaired) electrons. The van der Waals surface area contributed by atoms with E-state index in [1.54, 1.807) is 45.0 Å². The number of non-ortho nitro benzene ring substituents is 1. The molecule has 0 saturated heterocycles. The zero-order valence-electron chi connectivity index (χ0n) is 18.7. The Hall–Kier alpha value is -3.95. The van der Waals surface area contributed by atoms with Gasteiger partial charge in [-0.25, -0.2) is 4.79 Å². The smallest absolute Gasteiger partial charge is 0.408 e. The topological polar surface area (TPSA) is 154 Å². The molecule has 10 nitrogen and oxygen atoms in total. The molecule has 0 saturated carbocycles. The summed E-state index contributed by atoms with van der Waals surface area (Å²) < 4.78 is 5.24. The zero-order chi connectivity index (χ0) is 24.6. The molecule has 0 aliphatic rings. The third-order valence-electron chi connectivity index (χ3n) is 4.54. The van der Waals surface area contributed by atoms with Gasteiger partial charge in [-0.2, -0.15) is 0 Å². The number of carbonyl (C=O) groups is 3. The molecule has 1 unspecified atom stereocenters. The maximum absolute atomic E-state index is 13.0. The predicted molar refractivity (Wildman–Crippen MR) is 121 cm³/mol. The van der Waals surface area contributed by atoms with Crippen LogP contribution in [0, 0.1) is 10.1 Å². The van der Waals surface area contributed by atoms with Crippen LogP contribution >= 0.6 is 0 Å². The van der Waals surface area contributed by atoms with E-state index in [2.05, 4.69) is 10.6 Å². The van der Waals surface area contributed by atoms with Gasteiger partial charge in [-0.3, -0.25) is 19.7 Å². The number of hydrogen-bond acceptors (Lipinski definition) is 6. The molecule has 0 aromatic heterocycles. The van der Waals surface area contributed by atoms with Crippen LogP contribution < -0.4 is 16.4 Å². The number of nitro groups is 1. The van der Waals surface area contributed by atoms with Gasteiger partial charge < -0.3 is 21.1 Å². The standard InChI is InChI=1S/C23H28N4O6/c1-23(2,3)33-22(30)26-19(14-16-9-11-17(12-10-16)27(31)32)21(29)25-18(20(24)28)13-15-7-5-4-6-8-15/h4-12,18-19H,13-14H2,1-3H3,(H2,24,28)(H,25,29)(H,26,30)/t18?,19-/m0/s1. The summed E-state index contributed by atoms with van der Waals surface area (Å²) in [6.45, 7) is 5.04. The Morgan fingerprint density at radius 2 is 1.48 bits per heavy atom. The first-order valence-electron chi connectivity index (χ1n) is 10.3. The number of primary amides is 1. The normalized spacial score (nSPS) is 12.8. The largest absolute Gasteiger partial charge is 0.444 e. The summed E-state index contributed by atoms with van der Waals surface area (Å²) in [5.41, 5.74) is 5.96. The Morgan fingerprint density at radius 3 is 2.00 bits per heavy atom. The number of nitrogens with two attached hydrogens (primary N) is 1. The van der Waals surface area contributed by atoms with Crippen molar-refractivity contribution in [1.82, 2.24) is 10.6 Å². The molecule has 2 aromatic rings. The van der Waals surface area contributed by atoms with Crippen molar-refractivity contribution in [3.05, 3.63) is 75.8 Å². The van der Waals surface area contributed by atoms with Crippen molar-refractivity contribution in [3.63, 3.8) is 0 Å². The fourth-order valence-corrected chi connectivity index (χ4v) is 2.99. The Bertz CT molecular complexity index is 986. The molecule has 0 aliphatic heterocycles. The van der Waals surface area contributed by atoms with Gasteiger partial charge in [-0.15, -0.1) is 0 Å². The van der Waals surface area contributed by atoms with E-state index in [4.69, 9.17) is 10.5 Å². The summed E-state index contributed by atoms with van der Waals surface area (Å²) in [4.78, 5) is 47.7. The molecule has 0 aliphatic carbocycles. The third-order valence-corrected chi connectivity index (χ3v) is 4.54. The summed E-state index contributed by atoms with van der Waals surface area (Å²) >= 11 is 0. The fourth-order valence-electron chi connectivity index (χ4n) is 2.99. The van der Waals surface area contributed by atoms with Crippen LogP contribution in [-0.4, -0.2) is 40.5 Å². The average molecular weight is 456 g/mol. The number of hydrogen-bond donors (Lipinski definition) is 3. The summed E-state index contributed by atoms with van der Waals surface area (Å²) in [6, 6.07) is 12.5. The third kappa shape index (κ3) is 8.60. The van der Waals surface area contributed by atoms with E-state index in [-0.39, 0.29) is 18.5 Å². The van der Waals surface area contributed by atoms with Crippen LogP contribution in [0.15, 0.2) is 54.6 Å². The molecule has 2 aromatic carbocycles. The van der Waals surface area contributed by atoms with Crippen LogP contribution in [-0.2, 0) is 27.2 Å². The van der Waals surface area contributed by atoms with E-state index in [9.17, 15) is 24.5 Å². The first kappa shape index (κ1) is 25.3. The highest BCUT2D eigenvalue weighted by atomic mass is 16.6. The number of nitrogens with one attached hydrogen (secondary N) is 2. The number of carbonyl (C=O) groups excluding carboxylic acids is 3. The Morgan fingerprint density at radius 1 is 0.939 bits per heavy atom. The number of nitro benzene ring substituents is 1. The van der Waals surface area contributed by atoms with Crippen LogP contribution in [0.3, 0.4) is 0 Å². The number of rotatable bonds is 9. The molecule has 2 atom stereocenters. The fraction of sp³-hybridized carbons (Fsp3) is 0.348. The minimum atomic E-state index is -1.11. The molecule has 10 heteroatoms. The maximum atomic E-state index is 13.0. The van der Waals surface area contributed by atoms with Gasteiger partial charge in [0.05, 0.1) is 4.92 Å². The summed E-state index contributed by atoms with van der Waals surface area (Å²) in [6.07, 6.45) is -0.623. The molecule has 33 heavy (non-hydrogen) atoms. The van der Waals surface area contributed by atoms with Crippen LogP contribution in [0.1, 0.15) is 31.9 Å². The molecular formula is C23H28N4O6. The highest BCUT2D eigenvalue weighted by Crippen LogP contribution is 2.14. The molecular weight excluding hydrogens is 428 g/mol. The number of alkyl carbamates (subject to hydrolysis) is 1.